The number of carbonyl (C=O) groups excluding carboxylic acids is 1. The van der Waals surface area contributed by atoms with Crippen molar-refractivity contribution in [1.82, 2.24) is 5.32 Å². The van der Waals surface area contributed by atoms with Crippen molar-refractivity contribution in [3.05, 3.63) is 71.8 Å². The van der Waals surface area contributed by atoms with Crippen molar-refractivity contribution in [3.8, 4) is 0 Å². The summed E-state index contributed by atoms with van der Waals surface area (Å²) in [5.41, 5.74) is 1.65. The Morgan fingerprint density at radius 1 is 0.960 bits per heavy atom. The van der Waals surface area contributed by atoms with Crippen LogP contribution < -0.4 is 5.32 Å². The summed E-state index contributed by atoms with van der Waals surface area (Å²) >= 11 is 0. The molecule has 132 valence electrons. The molecule has 0 aliphatic heterocycles. The minimum atomic E-state index is -0.997. The molecule has 0 saturated heterocycles. The minimum absolute atomic E-state index is 0.166. The summed E-state index contributed by atoms with van der Waals surface area (Å²) in [4.78, 5) is 24.0. The van der Waals surface area contributed by atoms with Crippen LogP contribution in [-0.2, 0) is 11.2 Å². The van der Waals surface area contributed by atoms with Gasteiger partial charge < -0.3 is 10.4 Å². The summed E-state index contributed by atoms with van der Waals surface area (Å²) in [5, 5.41) is 12.2. The molecule has 25 heavy (non-hydrogen) atoms. The highest BCUT2D eigenvalue weighted by Crippen LogP contribution is 2.23. The number of hydrogen-bond donors (Lipinski definition) is 2. The lowest BCUT2D eigenvalue weighted by molar-refractivity contribution is -0.139. The Hall–Kier alpha value is -2.62. The van der Waals surface area contributed by atoms with E-state index in [1.807, 2.05) is 36.4 Å². The molecule has 0 fully saturated rings. The zero-order valence-electron chi connectivity index (χ0n) is 14.7. The van der Waals surface area contributed by atoms with Gasteiger partial charge in [0, 0.05) is 5.56 Å². The van der Waals surface area contributed by atoms with Crippen LogP contribution in [0.15, 0.2) is 60.7 Å². The van der Waals surface area contributed by atoms with Crippen LogP contribution in [0.2, 0.25) is 0 Å². The molecule has 0 heterocycles. The standard InChI is InChI=1S/C21H25NO3/c1-15(2)18(13-16-9-5-3-6-10-16)14-19(21(24)25)22-20(23)17-11-7-4-8-12-17/h3-12,15,18-19H,13-14H2,1-2H3,(H,22,23)(H,24,25)/t18-,19-/m0/s1. The number of amides is 1. The maximum absolute atomic E-state index is 12.3. The molecule has 0 saturated carbocycles. The average Bonchev–Trinajstić information content (AvgIpc) is 2.61. The summed E-state index contributed by atoms with van der Waals surface area (Å²) in [7, 11) is 0. The number of carboxylic acid groups (broad SMARTS) is 1. The monoisotopic (exact) mass is 339 g/mol. The third kappa shape index (κ3) is 5.75. The van der Waals surface area contributed by atoms with E-state index >= 15 is 0 Å². The highest BCUT2D eigenvalue weighted by molar-refractivity contribution is 5.96. The van der Waals surface area contributed by atoms with Gasteiger partial charge in [0.2, 0.25) is 0 Å². The van der Waals surface area contributed by atoms with E-state index < -0.39 is 12.0 Å². The molecule has 2 rings (SSSR count). The number of hydrogen-bond acceptors (Lipinski definition) is 2. The lowest BCUT2D eigenvalue weighted by atomic mass is 9.84. The van der Waals surface area contributed by atoms with Gasteiger partial charge in [-0.1, -0.05) is 62.4 Å². The molecule has 4 nitrogen and oxygen atoms in total. The fourth-order valence-electron chi connectivity index (χ4n) is 2.86. The normalized spacial score (nSPS) is 13.2. The van der Waals surface area contributed by atoms with Crippen LogP contribution in [0.4, 0.5) is 0 Å². The molecule has 0 aromatic heterocycles. The molecule has 0 radical (unpaired) electrons. The van der Waals surface area contributed by atoms with E-state index in [4.69, 9.17) is 0 Å². The Morgan fingerprint density at radius 3 is 2.04 bits per heavy atom. The van der Waals surface area contributed by atoms with Crippen LogP contribution in [-0.4, -0.2) is 23.0 Å². The fourth-order valence-corrected chi connectivity index (χ4v) is 2.86. The van der Waals surface area contributed by atoms with Gasteiger partial charge >= 0.3 is 5.97 Å². The van der Waals surface area contributed by atoms with Crippen molar-refractivity contribution < 1.29 is 14.7 Å². The predicted molar refractivity (Wildman–Crippen MR) is 98.4 cm³/mol. The molecule has 0 aliphatic rings. The first-order valence-electron chi connectivity index (χ1n) is 8.60. The zero-order chi connectivity index (χ0) is 18.2. The molecule has 2 N–H and O–H groups in total. The Labute approximate surface area is 148 Å². The van der Waals surface area contributed by atoms with Crippen molar-refractivity contribution in [3.63, 3.8) is 0 Å². The largest absolute Gasteiger partial charge is 0.480 e. The lowest BCUT2D eigenvalue weighted by Crippen LogP contribution is -2.42. The first-order chi connectivity index (χ1) is 12.0. The van der Waals surface area contributed by atoms with Gasteiger partial charge in [0.25, 0.3) is 5.91 Å². The minimum Gasteiger partial charge on any atom is -0.480 e. The van der Waals surface area contributed by atoms with E-state index in [-0.39, 0.29) is 11.8 Å². The molecular weight excluding hydrogens is 314 g/mol. The molecule has 2 atom stereocenters. The van der Waals surface area contributed by atoms with Gasteiger partial charge in [-0.2, -0.15) is 0 Å². The highest BCUT2D eigenvalue weighted by Gasteiger charge is 2.26. The summed E-state index contributed by atoms with van der Waals surface area (Å²) in [6, 6.07) is 17.8. The van der Waals surface area contributed by atoms with E-state index in [1.54, 1.807) is 24.3 Å². The predicted octanol–water partition coefficient (Wildman–Crippen LogP) is 3.77. The van der Waals surface area contributed by atoms with Gasteiger partial charge in [-0.3, -0.25) is 4.79 Å². The van der Waals surface area contributed by atoms with E-state index in [0.717, 1.165) is 6.42 Å². The van der Waals surface area contributed by atoms with Crippen molar-refractivity contribution in [2.24, 2.45) is 11.8 Å². The average molecular weight is 339 g/mol. The Kier molecular flexibility index (Phi) is 6.75. The van der Waals surface area contributed by atoms with E-state index in [1.165, 1.54) is 5.56 Å². The number of benzene rings is 2. The Balaban J connectivity index is 2.07. The number of nitrogens with one attached hydrogen (secondary N) is 1. The summed E-state index contributed by atoms with van der Waals surface area (Å²) < 4.78 is 0. The second-order valence-corrected chi connectivity index (χ2v) is 6.66. The molecule has 0 bridgehead atoms. The van der Waals surface area contributed by atoms with Gasteiger partial charge in [0.15, 0.2) is 0 Å². The maximum atomic E-state index is 12.3. The van der Waals surface area contributed by atoms with Crippen molar-refractivity contribution >= 4 is 11.9 Å². The quantitative estimate of drug-likeness (QED) is 0.769. The van der Waals surface area contributed by atoms with Crippen LogP contribution in [0.1, 0.15) is 36.2 Å². The molecule has 0 spiro atoms. The number of carboxylic acids is 1. The van der Waals surface area contributed by atoms with Crippen LogP contribution in [0.3, 0.4) is 0 Å². The Bertz CT molecular complexity index is 683. The SMILES string of the molecule is CC(C)[C@@H](Cc1ccccc1)C[C@H](NC(=O)c1ccccc1)C(=O)O. The van der Waals surface area contributed by atoms with Crippen LogP contribution >= 0.6 is 0 Å². The second-order valence-electron chi connectivity index (χ2n) is 6.66. The van der Waals surface area contributed by atoms with Crippen molar-refractivity contribution in [2.75, 3.05) is 0 Å². The molecule has 0 aliphatic carbocycles. The number of aliphatic carboxylic acids is 1. The van der Waals surface area contributed by atoms with Gasteiger partial charge in [-0.05, 0) is 42.4 Å². The first kappa shape index (κ1) is 18.7. The van der Waals surface area contributed by atoms with E-state index in [2.05, 4.69) is 19.2 Å². The molecule has 1 amide bonds. The van der Waals surface area contributed by atoms with Gasteiger partial charge in [0.1, 0.15) is 6.04 Å². The van der Waals surface area contributed by atoms with Crippen LogP contribution in [0, 0.1) is 11.8 Å². The molecular formula is C21H25NO3. The van der Waals surface area contributed by atoms with Crippen LogP contribution in [0.25, 0.3) is 0 Å². The smallest absolute Gasteiger partial charge is 0.326 e. The van der Waals surface area contributed by atoms with Crippen molar-refractivity contribution in [2.45, 2.75) is 32.7 Å². The third-order valence-corrected chi connectivity index (χ3v) is 4.46. The van der Waals surface area contributed by atoms with E-state index in [0.29, 0.717) is 17.9 Å². The van der Waals surface area contributed by atoms with Gasteiger partial charge in [-0.15, -0.1) is 0 Å². The summed E-state index contributed by atoms with van der Waals surface area (Å²) in [6.45, 7) is 4.18. The van der Waals surface area contributed by atoms with Gasteiger partial charge in [-0.25, -0.2) is 4.79 Å². The van der Waals surface area contributed by atoms with E-state index in [9.17, 15) is 14.7 Å². The first-order valence-corrected chi connectivity index (χ1v) is 8.60. The fraction of sp³-hybridized carbons (Fsp3) is 0.333. The number of rotatable bonds is 8. The molecule has 4 heteroatoms. The van der Waals surface area contributed by atoms with Crippen LogP contribution in [0.5, 0.6) is 0 Å². The lowest BCUT2D eigenvalue weighted by Gasteiger charge is -2.25. The summed E-state index contributed by atoms with van der Waals surface area (Å²) in [6.07, 6.45) is 1.20. The highest BCUT2D eigenvalue weighted by atomic mass is 16.4. The zero-order valence-corrected chi connectivity index (χ0v) is 14.7. The van der Waals surface area contributed by atoms with Crippen molar-refractivity contribution in [1.29, 1.82) is 0 Å². The topological polar surface area (TPSA) is 66.4 Å². The maximum Gasteiger partial charge on any atom is 0.326 e. The molecule has 2 aromatic rings. The summed E-state index contributed by atoms with van der Waals surface area (Å²) in [5.74, 6) is -0.867. The molecule has 2 aromatic carbocycles. The number of carbonyl (C=O) groups is 2. The Morgan fingerprint density at radius 2 is 1.52 bits per heavy atom. The molecule has 0 unspecified atom stereocenters. The van der Waals surface area contributed by atoms with Gasteiger partial charge in [0.05, 0.1) is 0 Å². The third-order valence-electron chi connectivity index (χ3n) is 4.46. The second kappa shape index (κ2) is 9.02.